The van der Waals surface area contributed by atoms with Crippen LogP contribution in [0, 0.1) is 17.5 Å². The maximum atomic E-state index is 14.7. The van der Waals surface area contributed by atoms with Gasteiger partial charge in [0.05, 0.1) is 6.54 Å². The first kappa shape index (κ1) is 28.1. The normalized spacial score (nSPS) is 15.7. The zero-order valence-electron chi connectivity index (χ0n) is 22.1. The van der Waals surface area contributed by atoms with E-state index < -0.39 is 17.2 Å². The number of hydrogen-bond donors (Lipinski definition) is 2. The van der Waals surface area contributed by atoms with Crippen molar-refractivity contribution in [2.75, 3.05) is 42.9 Å². The Hall–Kier alpha value is -4.48. The SMILES string of the molecule is O=C(/C=C/c1cccc(F)c1)Nc1ccc(N2CCN(CC(O)(Cn3cncn3)c3ccc(F)cc3F)CC2)cc1. The van der Waals surface area contributed by atoms with E-state index in [1.165, 1.54) is 41.6 Å². The van der Waals surface area contributed by atoms with Gasteiger partial charge in [-0.3, -0.25) is 9.69 Å². The molecule has 0 spiro atoms. The van der Waals surface area contributed by atoms with Gasteiger partial charge in [-0.25, -0.2) is 22.8 Å². The summed E-state index contributed by atoms with van der Waals surface area (Å²) in [6.07, 6.45) is 5.67. The van der Waals surface area contributed by atoms with Crippen molar-refractivity contribution in [3.63, 3.8) is 0 Å². The van der Waals surface area contributed by atoms with E-state index in [1.807, 2.05) is 29.2 Å². The van der Waals surface area contributed by atoms with Gasteiger partial charge < -0.3 is 15.3 Å². The molecule has 2 heterocycles. The summed E-state index contributed by atoms with van der Waals surface area (Å²) in [7, 11) is 0. The number of nitrogens with zero attached hydrogens (tertiary/aromatic N) is 5. The molecule has 1 aliphatic rings. The molecular formula is C30H29F3N6O2. The number of aliphatic hydroxyl groups is 1. The number of β-amino-alcohol motifs (C(OH)–C–C–N with tert-alkyl or cyclic N) is 1. The van der Waals surface area contributed by atoms with Gasteiger partial charge in [-0.2, -0.15) is 5.10 Å². The third-order valence-corrected chi connectivity index (χ3v) is 6.96. The topological polar surface area (TPSA) is 86.5 Å². The second kappa shape index (κ2) is 12.4. The van der Waals surface area contributed by atoms with Gasteiger partial charge in [-0.1, -0.05) is 18.2 Å². The third-order valence-electron chi connectivity index (χ3n) is 6.96. The van der Waals surface area contributed by atoms with E-state index in [2.05, 4.69) is 20.3 Å². The van der Waals surface area contributed by atoms with Crippen molar-refractivity contribution in [1.29, 1.82) is 0 Å². The van der Waals surface area contributed by atoms with E-state index in [-0.39, 0.29) is 30.4 Å². The lowest BCUT2D eigenvalue weighted by Gasteiger charge is -2.40. The van der Waals surface area contributed by atoms with E-state index in [9.17, 15) is 23.1 Å². The van der Waals surface area contributed by atoms with Gasteiger partial charge in [0.2, 0.25) is 5.91 Å². The number of halogens is 3. The van der Waals surface area contributed by atoms with Gasteiger partial charge in [-0.05, 0) is 54.1 Å². The number of carbonyl (C=O) groups is 1. The Morgan fingerprint density at radius 3 is 2.39 bits per heavy atom. The highest BCUT2D eigenvalue weighted by atomic mass is 19.1. The highest BCUT2D eigenvalue weighted by Gasteiger charge is 2.36. The quantitative estimate of drug-likeness (QED) is 0.300. The summed E-state index contributed by atoms with van der Waals surface area (Å²) in [5, 5.41) is 18.5. The maximum Gasteiger partial charge on any atom is 0.248 e. The predicted octanol–water partition coefficient (Wildman–Crippen LogP) is 4.06. The summed E-state index contributed by atoms with van der Waals surface area (Å²) in [5.41, 5.74) is 0.534. The number of rotatable bonds is 9. The first-order chi connectivity index (χ1) is 19.8. The lowest BCUT2D eigenvalue weighted by Crippen LogP contribution is -2.52. The second-order valence-electron chi connectivity index (χ2n) is 9.94. The molecule has 0 bridgehead atoms. The summed E-state index contributed by atoms with van der Waals surface area (Å²) in [4.78, 5) is 20.4. The molecule has 1 amide bonds. The van der Waals surface area contributed by atoms with Crippen LogP contribution in [0.3, 0.4) is 0 Å². The molecule has 1 atom stereocenters. The molecule has 1 fully saturated rings. The van der Waals surface area contributed by atoms with Crippen LogP contribution in [0.2, 0.25) is 0 Å². The molecule has 1 aromatic heterocycles. The Balaban J connectivity index is 1.18. The van der Waals surface area contributed by atoms with Gasteiger partial charge in [0.15, 0.2) is 0 Å². The summed E-state index contributed by atoms with van der Waals surface area (Å²) in [5.74, 6) is -2.23. The van der Waals surface area contributed by atoms with Gasteiger partial charge in [0.25, 0.3) is 0 Å². The molecule has 0 radical (unpaired) electrons. The van der Waals surface area contributed by atoms with E-state index in [1.54, 1.807) is 18.2 Å². The van der Waals surface area contributed by atoms with Crippen molar-refractivity contribution in [3.8, 4) is 0 Å². The third kappa shape index (κ3) is 7.19. The first-order valence-electron chi connectivity index (χ1n) is 13.1. The van der Waals surface area contributed by atoms with Crippen LogP contribution in [0.4, 0.5) is 24.5 Å². The van der Waals surface area contributed by atoms with Crippen LogP contribution >= 0.6 is 0 Å². The van der Waals surface area contributed by atoms with Crippen molar-refractivity contribution in [3.05, 3.63) is 114 Å². The Bertz CT molecular complexity index is 1510. The zero-order valence-corrected chi connectivity index (χ0v) is 22.1. The van der Waals surface area contributed by atoms with E-state index in [4.69, 9.17) is 0 Å². The highest BCUT2D eigenvalue weighted by molar-refractivity contribution is 6.02. The number of piperazine rings is 1. The van der Waals surface area contributed by atoms with Crippen molar-refractivity contribution >= 4 is 23.4 Å². The van der Waals surface area contributed by atoms with E-state index in [0.29, 0.717) is 37.4 Å². The molecule has 0 saturated carbocycles. The van der Waals surface area contributed by atoms with Gasteiger partial charge in [0.1, 0.15) is 35.7 Å². The molecule has 212 valence electrons. The molecule has 1 aliphatic heterocycles. The van der Waals surface area contributed by atoms with Crippen LogP contribution in [0.15, 0.2) is 85.5 Å². The summed E-state index contributed by atoms with van der Waals surface area (Å²) in [6, 6.07) is 16.6. The Kier molecular flexibility index (Phi) is 8.46. The van der Waals surface area contributed by atoms with Crippen molar-refractivity contribution in [2.45, 2.75) is 12.1 Å². The molecule has 0 aliphatic carbocycles. The summed E-state index contributed by atoms with van der Waals surface area (Å²) in [6.45, 7) is 2.61. The number of hydrogen-bond acceptors (Lipinski definition) is 6. The standard InChI is InChI=1S/C30H29F3N6O2/c31-23-3-1-2-22(16-23)4-11-29(40)36-25-6-8-26(9-7-25)38-14-12-37(13-15-38)18-30(41,19-39-21-34-20-35-39)27-10-5-24(32)17-28(27)33/h1-11,16-17,20-21,41H,12-15,18-19H2,(H,36,40)/b11-4+. The smallest absolute Gasteiger partial charge is 0.248 e. The van der Waals surface area contributed by atoms with Crippen molar-refractivity contribution in [1.82, 2.24) is 19.7 Å². The largest absolute Gasteiger partial charge is 0.382 e. The van der Waals surface area contributed by atoms with Gasteiger partial charge >= 0.3 is 0 Å². The van der Waals surface area contributed by atoms with Crippen LogP contribution in [0.1, 0.15) is 11.1 Å². The Morgan fingerprint density at radius 2 is 1.71 bits per heavy atom. The second-order valence-corrected chi connectivity index (χ2v) is 9.94. The molecule has 4 aromatic rings. The molecule has 2 N–H and O–H groups in total. The van der Waals surface area contributed by atoms with E-state index >= 15 is 0 Å². The minimum atomic E-state index is -1.66. The van der Waals surface area contributed by atoms with Crippen LogP contribution in [-0.4, -0.2) is 63.4 Å². The van der Waals surface area contributed by atoms with Crippen molar-refractivity contribution < 1.29 is 23.1 Å². The van der Waals surface area contributed by atoms with Crippen LogP contribution < -0.4 is 10.2 Å². The molecular weight excluding hydrogens is 533 g/mol. The lowest BCUT2D eigenvalue weighted by molar-refractivity contribution is -0.111. The van der Waals surface area contributed by atoms with Crippen LogP contribution in [-0.2, 0) is 16.9 Å². The lowest BCUT2D eigenvalue weighted by atomic mass is 9.92. The first-order valence-corrected chi connectivity index (χ1v) is 13.1. The van der Waals surface area contributed by atoms with Crippen LogP contribution in [0.25, 0.3) is 6.08 Å². The monoisotopic (exact) mass is 562 g/mol. The predicted molar refractivity (Wildman–Crippen MR) is 149 cm³/mol. The Morgan fingerprint density at radius 1 is 0.951 bits per heavy atom. The average Bonchev–Trinajstić information content (AvgIpc) is 3.45. The zero-order chi connectivity index (χ0) is 28.8. The number of nitrogens with one attached hydrogen (secondary N) is 1. The fourth-order valence-corrected chi connectivity index (χ4v) is 4.93. The number of carbonyl (C=O) groups excluding carboxylic acids is 1. The number of anilines is 2. The maximum absolute atomic E-state index is 14.7. The van der Waals surface area contributed by atoms with E-state index in [0.717, 1.165) is 17.8 Å². The van der Waals surface area contributed by atoms with Crippen LogP contribution in [0.5, 0.6) is 0 Å². The van der Waals surface area contributed by atoms with Gasteiger partial charge in [0, 0.05) is 61.8 Å². The fourth-order valence-electron chi connectivity index (χ4n) is 4.93. The average molecular weight is 563 g/mol. The molecule has 3 aromatic carbocycles. The highest BCUT2D eigenvalue weighted by Crippen LogP contribution is 2.29. The van der Waals surface area contributed by atoms with Crippen molar-refractivity contribution in [2.24, 2.45) is 0 Å². The molecule has 5 rings (SSSR count). The van der Waals surface area contributed by atoms with Gasteiger partial charge in [-0.15, -0.1) is 0 Å². The Labute approximate surface area is 235 Å². The summed E-state index contributed by atoms with van der Waals surface area (Å²) >= 11 is 0. The minimum absolute atomic E-state index is 0.000225. The molecule has 11 heteroatoms. The number of aromatic nitrogens is 3. The number of benzene rings is 3. The number of amides is 1. The summed E-state index contributed by atoms with van der Waals surface area (Å²) < 4.78 is 43.1. The molecule has 41 heavy (non-hydrogen) atoms. The molecule has 1 saturated heterocycles. The fraction of sp³-hybridized carbons (Fsp3) is 0.233. The molecule has 8 nitrogen and oxygen atoms in total. The molecule has 1 unspecified atom stereocenters. The minimum Gasteiger partial charge on any atom is -0.382 e.